The van der Waals surface area contributed by atoms with Crippen LogP contribution in [0.5, 0.6) is 5.75 Å². The lowest BCUT2D eigenvalue weighted by Gasteiger charge is -2.20. The SMILES string of the molecule is C=CCOc1ccc(Cl)cc1/C=C1/C(=N)N2N=C(c3ccccc3)SC2=NC1=O. The number of rotatable bonds is 5. The fraction of sp³-hybridized carbons (Fsp3) is 0.0476. The van der Waals surface area contributed by atoms with Gasteiger partial charge in [0.25, 0.3) is 5.91 Å². The topological polar surface area (TPSA) is 78.1 Å². The van der Waals surface area contributed by atoms with Gasteiger partial charge < -0.3 is 4.74 Å². The number of benzene rings is 2. The van der Waals surface area contributed by atoms with Crippen molar-refractivity contribution in [2.24, 2.45) is 10.1 Å². The standard InChI is InChI=1S/C21H15ClN4O2S/c1-2-10-28-17-9-8-15(22)11-14(17)12-16-18(23)26-21(24-19(16)27)29-20(25-26)13-6-4-3-5-7-13/h2-9,11-12,23H,1,10H2/b16-12-,23-18?. The van der Waals surface area contributed by atoms with E-state index in [4.69, 9.17) is 21.7 Å². The van der Waals surface area contributed by atoms with E-state index in [-0.39, 0.29) is 11.4 Å². The number of hydrogen-bond acceptors (Lipinski definition) is 5. The van der Waals surface area contributed by atoms with Gasteiger partial charge in [-0.3, -0.25) is 10.2 Å². The number of hydrazone groups is 1. The molecule has 2 aliphatic heterocycles. The first kappa shape index (κ1) is 19.2. The van der Waals surface area contributed by atoms with Crippen LogP contribution in [-0.4, -0.2) is 33.6 Å². The fourth-order valence-electron chi connectivity index (χ4n) is 2.76. The number of nitrogens with one attached hydrogen (secondary N) is 1. The molecule has 0 aromatic heterocycles. The number of carbonyl (C=O) groups excluding carboxylic acids is 1. The van der Waals surface area contributed by atoms with Crippen molar-refractivity contribution in [2.75, 3.05) is 6.61 Å². The predicted octanol–water partition coefficient (Wildman–Crippen LogP) is 4.57. The van der Waals surface area contributed by atoms with E-state index in [2.05, 4.69) is 16.7 Å². The number of carbonyl (C=O) groups is 1. The Morgan fingerprint density at radius 3 is 2.79 bits per heavy atom. The maximum Gasteiger partial charge on any atom is 0.283 e. The van der Waals surface area contributed by atoms with E-state index in [9.17, 15) is 4.79 Å². The fourth-order valence-corrected chi connectivity index (χ4v) is 3.83. The first-order valence-corrected chi connectivity index (χ1v) is 9.85. The second-order valence-corrected chi connectivity index (χ2v) is 7.47. The summed E-state index contributed by atoms with van der Waals surface area (Å²) in [6.45, 7) is 3.94. The molecule has 0 fully saturated rings. The molecule has 2 heterocycles. The lowest BCUT2D eigenvalue weighted by Crippen LogP contribution is -2.35. The Morgan fingerprint density at radius 1 is 1.24 bits per heavy atom. The number of amides is 1. The van der Waals surface area contributed by atoms with Crippen molar-refractivity contribution in [3.05, 3.63) is 82.9 Å². The van der Waals surface area contributed by atoms with Gasteiger partial charge in [-0.05, 0) is 36.0 Å². The van der Waals surface area contributed by atoms with Gasteiger partial charge >= 0.3 is 0 Å². The largest absolute Gasteiger partial charge is 0.489 e. The Kier molecular flexibility index (Phi) is 5.33. The Labute approximate surface area is 176 Å². The van der Waals surface area contributed by atoms with Crippen LogP contribution in [0.4, 0.5) is 0 Å². The molecule has 0 saturated heterocycles. The molecule has 29 heavy (non-hydrogen) atoms. The first-order valence-electron chi connectivity index (χ1n) is 8.65. The van der Waals surface area contributed by atoms with E-state index in [1.54, 1.807) is 30.4 Å². The minimum absolute atomic E-state index is 0.0481. The highest BCUT2D eigenvalue weighted by atomic mass is 35.5. The number of halogens is 1. The zero-order valence-electron chi connectivity index (χ0n) is 15.1. The maximum absolute atomic E-state index is 12.6. The van der Waals surface area contributed by atoms with Crippen LogP contribution in [0.1, 0.15) is 11.1 Å². The first-order chi connectivity index (χ1) is 14.1. The van der Waals surface area contributed by atoms with Crippen LogP contribution in [0.15, 0.2) is 76.9 Å². The molecule has 0 radical (unpaired) electrons. The van der Waals surface area contributed by atoms with E-state index in [1.165, 1.54) is 16.8 Å². The average molecular weight is 423 g/mol. The second kappa shape index (κ2) is 8.06. The molecule has 0 unspecified atom stereocenters. The Hall–Kier alpha value is -3.16. The maximum atomic E-state index is 12.6. The molecule has 6 nitrogen and oxygen atoms in total. The van der Waals surface area contributed by atoms with Crippen LogP contribution in [-0.2, 0) is 4.79 Å². The van der Waals surface area contributed by atoms with Gasteiger partial charge in [-0.25, -0.2) is 0 Å². The number of aliphatic imine (C=N–C) groups is 1. The van der Waals surface area contributed by atoms with Gasteiger partial charge in [0, 0.05) is 16.1 Å². The monoisotopic (exact) mass is 422 g/mol. The molecular formula is C21H15ClN4O2S. The highest BCUT2D eigenvalue weighted by Crippen LogP contribution is 2.32. The molecule has 1 amide bonds. The van der Waals surface area contributed by atoms with Crippen molar-refractivity contribution < 1.29 is 9.53 Å². The zero-order chi connectivity index (χ0) is 20.4. The van der Waals surface area contributed by atoms with Crippen molar-refractivity contribution in [2.45, 2.75) is 0 Å². The van der Waals surface area contributed by atoms with Crippen molar-refractivity contribution in [1.82, 2.24) is 5.01 Å². The molecule has 2 aromatic rings. The molecule has 0 atom stereocenters. The van der Waals surface area contributed by atoms with Crippen LogP contribution in [0.3, 0.4) is 0 Å². The minimum atomic E-state index is -0.507. The summed E-state index contributed by atoms with van der Waals surface area (Å²) in [5, 5.41) is 15.9. The van der Waals surface area contributed by atoms with Crippen LogP contribution >= 0.6 is 23.4 Å². The summed E-state index contributed by atoms with van der Waals surface area (Å²) in [4.78, 5) is 16.7. The molecule has 0 bridgehead atoms. The number of thioether (sulfide) groups is 1. The highest BCUT2D eigenvalue weighted by molar-refractivity contribution is 8.27. The van der Waals surface area contributed by atoms with Crippen molar-refractivity contribution >= 4 is 51.4 Å². The summed E-state index contributed by atoms with van der Waals surface area (Å²) >= 11 is 7.37. The van der Waals surface area contributed by atoms with E-state index >= 15 is 0 Å². The van der Waals surface area contributed by atoms with E-state index in [0.717, 1.165) is 5.56 Å². The summed E-state index contributed by atoms with van der Waals surface area (Å²) in [7, 11) is 0. The lowest BCUT2D eigenvalue weighted by molar-refractivity contribution is -0.114. The number of ether oxygens (including phenoxy) is 1. The highest BCUT2D eigenvalue weighted by Gasteiger charge is 2.36. The minimum Gasteiger partial charge on any atom is -0.489 e. The normalized spacial score (nSPS) is 17.1. The Balaban J connectivity index is 1.70. The third-order valence-electron chi connectivity index (χ3n) is 4.10. The van der Waals surface area contributed by atoms with Gasteiger partial charge in [0.1, 0.15) is 17.4 Å². The second-order valence-electron chi connectivity index (χ2n) is 6.07. The quantitative estimate of drug-likeness (QED) is 0.565. The van der Waals surface area contributed by atoms with Crippen LogP contribution in [0, 0.1) is 5.41 Å². The molecule has 2 aromatic carbocycles. The zero-order valence-corrected chi connectivity index (χ0v) is 16.7. The molecule has 4 rings (SSSR count). The molecular weight excluding hydrogens is 408 g/mol. The molecule has 1 N–H and O–H groups in total. The van der Waals surface area contributed by atoms with Gasteiger partial charge in [-0.1, -0.05) is 54.6 Å². The third-order valence-corrected chi connectivity index (χ3v) is 5.30. The summed E-state index contributed by atoms with van der Waals surface area (Å²) in [5.41, 5.74) is 1.58. The van der Waals surface area contributed by atoms with Gasteiger partial charge in [0.15, 0.2) is 5.84 Å². The van der Waals surface area contributed by atoms with Crippen LogP contribution in [0.25, 0.3) is 6.08 Å². The lowest BCUT2D eigenvalue weighted by atomic mass is 10.1. The summed E-state index contributed by atoms with van der Waals surface area (Å²) < 4.78 is 5.63. The van der Waals surface area contributed by atoms with Gasteiger partial charge in [0.2, 0.25) is 5.17 Å². The van der Waals surface area contributed by atoms with E-state index in [1.807, 2.05) is 30.3 Å². The Bertz CT molecular complexity index is 1110. The molecule has 0 aliphatic carbocycles. The summed E-state index contributed by atoms with van der Waals surface area (Å²) in [6, 6.07) is 14.6. The average Bonchev–Trinajstić information content (AvgIpc) is 3.15. The number of amidine groups is 2. The predicted molar refractivity (Wildman–Crippen MR) is 118 cm³/mol. The number of fused-ring (bicyclic) bond motifs is 1. The molecule has 144 valence electrons. The smallest absolute Gasteiger partial charge is 0.283 e. The third kappa shape index (κ3) is 3.87. The van der Waals surface area contributed by atoms with Crippen molar-refractivity contribution in [1.29, 1.82) is 5.41 Å². The van der Waals surface area contributed by atoms with Crippen LogP contribution in [0.2, 0.25) is 5.02 Å². The summed E-state index contributed by atoms with van der Waals surface area (Å²) in [5.74, 6) is -0.0255. The molecule has 0 saturated carbocycles. The van der Waals surface area contributed by atoms with E-state index < -0.39 is 5.91 Å². The van der Waals surface area contributed by atoms with Gasteiger partial charge in [0.05, 0.1) is 5.57 Å². The molecule has 2 aliphatic rings. The van der Waals surface area contributed by atoms with Crippen molar-refractivity contribution in [3.63, 3.8) is 0 Å². The number of nitrogens with zero attached hydrogens (tertiary/aromatic N) is 3. The summed E-state index contributed by atoms with van der Waals surface area (Å²) in [6.07, 6.45) is 3.17. The van der Waals surface area contributed by atoms with E-state index in [0.29, 0.717) is 33.2 Å². The van der Waals surface area contributed by atoms with Crippen LogP contribution < -0.4 is 4.74 Å². The van der Waals surface area contributed by atoms with Crippen molar-refractivity contribution in [3.8, 4) is 5.75 Å². The molecule has 0 spiro atoms. The number of hydrogen-bond donors (Lipinski definition) is 1. The Morgan fingerprint density at radius 2 is 2.03 bits per heavy atom. The van der Waals surface area contributed by atoms with Gasteiger partial charge in [-0.2, -0.15) is 15.1 Å². The van der Waals surface area contributed by atoms with Gasteiger partial charge in [-0.15, -0.1) is 0 Å². The molecule has 8 heteroatoms.